The minimum atomic E-state index is -0.495. The lowest BCUT2D eigenvalue weighted by molar-refractivity contribution is -0.127. The van der Waals surface area contributed by atoms with Gasteiger partial charge in [0.1, 0.15) is 0 Å². The molecule has 4 rings (SSSR count). The molecular weight excluding hydrogens is 519 g/mol. The molecule has 0 spiro atoms. The van der Waals surface area contributed by atoms with Gasteiger partial charge in [-0.3, -0.25) is 4.79 Å². The number of anilines is 1. The molecule has 1 aromatic carbocycles. The molecule has 2 aromatic rings. The highest BCUT2D eigenvalue weighted by molar-refractivity contribution is 14.1. The Bertz CT molecular complexity index is 852. The van der Waals surface area contributed by atoms with Crippen molar-refractivity contribution in [3.05, 3.63) is 49.9 Å². The zero-order valence-electron chi connectivity index (χ0n) is 13.1. The fraction of sp³-hybridized carbons (Fsp3) is 0.250. The molecule has 9 heteroatoms. The van der Waals surface area contributed by atoms with Crippen molar-refractivity contribution in [1.29, 1.82) is 0 Å². The molecule has 3 heterocycles. The van der Waals surface area contributed by atoms with Crippen LogP contribution in [0.4, 0.5) is 5.69 Å². The van der Waals surface area contributed by atoms with E-state index in [0.717, 1.165) is 25.2 Å². The molecular formula is C16H14BrIN4O2S. The standard InChI is InChI=1S/C16H14BrIN4O2S/c1-2-25-16-20-15(23)12-8-5-3-4-6-10(8)19-14(22(12)21-16)11-7-9(17)13(18)24-11/h3-7,12,14,19H,2H2,1H3,(H,20,21,23)/t12-,14-/m0/s1. The monoisotopic (exact) mass is 532 g/mol. The van der Waals surface area contributed by atoms with E-state index in [1.54, 1.807) is 5.01 Å². The second-order valence-electron chi connectivity index (χ2n) is 5.51. The molecule has 130 valence electrons. The molecule has 6 nitrogen and oxygen atoms in total. The van der Waals surface area contributed by atoms with Crippen molar-refractivity contribution < 1.29 is 9.21 Å². The number of hydrogen-bond donors (Lipinski definition) is 2. The van der Waals surface area contributed by atoms with Gasteiger partial charge in [0, 0.05) is 33.8 Å². The van der Waals surface area contributed by atoms with Crippen LogP contribution < -0.4 is 10.6 Å². The smallest absolute Gasteiger partial charge is 0.255 e. The Morgan fingerprint density at radius 1 is 1.44 bits per heavy atom. The first-order valence-corrected chi connectivity index (χ1v) is 10.5. The van der Waals surface area contributed by atoms with E-state index in [4.69, 9.17) is 4.42 Å². The Labute approximate surface area is 171 Å². The quantitative estimate of drug-likeness (QED) is 0.565. The van der Waals surface area contributed by atoms with Crippen molar-refractivity contribution in [2.75, 3.05) is 11.1 Å². The summed E-state index contributed by atoms with van der Waals surface area (Å²) in [5, 5.41) is 13.4. The summed E-state index contributed by atoms with van der Waals surface area (Å²) in [4.78, 5) is 12.8. The van der Waals surface area contributed by atoms with Crippen LogP contribution in [0.1, 0.15) is 30.5 Å². The molecule has 0 saturated heterocycles. The second-order valence-corrected chi connectivity index (χ2v) is 8.60. The predicted octanol–water partition coefficient (Wildman–Crippen LogP) is 4.27. The van der Waals surface area contributed by atoms with Crippen molar-refractivity contribution >= 4 is 67.0 Å². The second kappa shape index (κ2) is 6.84. The number of furan rings is 1. The average Bonchev–Trinajstić information content (AvgIpc) is 2.93. The van der Waals surface area contributed by atoms with Gasteiger partial charge in [-0.2, -0.15) is 0 Å². The van der Waals surface area contributed by atoms with Gasteiger partial charge in [0.05, 0.1) is 4.47 Å². The van der Waals surface area contributed by atoms with Gasteiger partial charge in [-0.15, -0.1) is 5.10 Å². The number of hydrazone groups is 1. The molecule has 0 bridgehead atoms. The van der Waals surface area contributed by atoms with Crippen molar-refractivity contribution in [3.63, 3.8) is 0 Å². The lowest BCUT2D eigenvalue weighted by Crippen LogP contribution is -2.50. The highest BCUT2D eigenvalue weighted by Crippen LogP contribution is 2.43. The normalized spacial score (nSPS) is 21.8. The number of nitrogens with one attached hydrogen (secondary N) is 2. The van der Waals surface area contributed by atoms with Crippen LogP contribution in [0, 0.1) is 3.77 Å². The molecule has 2 N–H and O–H groups in total. The third kappa shape index (κ3) is 3.06. The maximum atomic E-state index is 12.8. The number of thioether (sulfide) groups is 1. The minimum absolute atomic E-state index is 0.0785. The van der Waals surface area contributed by atoms with Crippen LogP contribution in [0.3, 0.4) is 0 Å². The van der Waals surface area contributed by atoms with Crippen LogP contribution in [0.15, 0.2) is 44.3 Å². The van der Waals surface area contributed by atoms with Crippen LogP contribution >= 0.6 is 50.3 Å². The van der Waals surface area contributed by atoms with Crippen LogP contribution in [0.5, 0.6) is 0 Å². The number of nitrogens with zero attached hydrogens (tertiary/aromatic N) is 2. The maximum absolute atomic E-state index is 12.8. The number of fused-ring (bicyclic) bond motifs is 3. The average molecular weight is 533 g/mol. The third-order valence-electron chi connectivity index (χ3n) is 3.98. The molecule has 0 fully saturated rings. The number of rotatable bonds is 2. The number of halogens is 2. The number of amidine groups is 1. The number of benzene rings is 1. The van der Waals surface area contributed by atoms with Gasteiger partial charge in [0.2, 0.25) is 0 Å². The summed E-state index contributed by atoms with van der Waals surface area (Å²) in [6.45, 7) is 2.03. The van der Waals surface area contributed by atoms with Crippen LogP contribution in [0.2, 0.25) is 0 Å². The minimum Gasteiger partial charge on any atom is -0.450 e. The molecule has 0 unspecified atom stereocenters. The van der Waals surface area contributed by atoms with E-state index in [1.807, 2.05) is 37.3 Å². The van der Waals surface area contributed by atoms with Gasteiger partial charge >= 0.3 is 0 Å². The molecule has 2 aliphatic heterocycles. The highest BCUT2D eigenvalue weighted by Gasteiger charge is 2.43. The van der Waals surface area contributed by atoms with Gasteiger partial charge in [-0.25, -0.2) is 5.01 Å². The maximum Gasteiger partial charge on any atom is 0.255 e. The number of amides is 1. The Morgan fingerprint density at radius 2 is 2.24 bits per heavy atom. The molecule has 2 aliphatic rings. The molecule has 1 amide bonds. The first-order valence-electron chi connectivity index (χ1n) is 7.69. The van der Waals surface area contributed by atoms with Gasteiger partial charge in [0.15, 0.2) is 26.9 Å². The van der Waals surface area contributed by atoms with Crippen molar-refractivity contribution in [2.45, 2.75) is 19.1 Å². The summed E-state index contributed by atoms with van der Waals surface area (Å²) in [5.41, 5.74) is 1.81. The van der Waals surface area contributed by atoms with Gasteiger partial charge in [0.25, 0.3) is 5.91 Å². The van der Waals surface area contributed by atoms with E-state index in [9.17, 15) is 4.79 Å². The van der Waals surface area contributed by atoms with E-state index >= 15 is 0 Å². The van der Waals surface area contributed by atoms with Gasteiger partial charge in [-0.05, 0) is 33.8 Å². The number of carbonyl (C=O) groups is 1. The fourth-order valence-electron chi connectivity index (χ4n) is 2.95. The topological polar surface area (TPSA) is 69.9 Å². The third-order valence-corrected chi connectivity index (χ3v) is 6.85. The van der Waals surface area contributed by atoms with Crippen LogP contribution in [-0.2, 0) is 4.79 Å². The molecule has 0 aliphatic carbocycles. The van der Waals surface area contributed by atoms with E-state index in [-0.39, 0.29) is 12.1 Å². The SMILES string of the molecule is CCSC1=NN2[C@@H](c3cc(Br)c(I)o3)Nc3ccccc3[C@H]2C(=O)N1. The predicted molar refractivity (Wildman–Crippen MR) is 110 cm³/mol. The Balaban J connectivity index is 1.84. The molecule has 2 atom stereocenters. The zero-order valence-corrected chi connectivity index (χ0v) is 17.7. The van der Waals surface area contributed by atoms with E-state index in [2.05, 4.69) is 54.3 Å². The summed E-state index contributed by atoms with van der Waals surface area (Å²) >= 11 is 7.12. The van der Waals surface area contributed by atoms with Gasteiger partial charge in [-0.1, -0.05) is 36.9 Å². The Hall–Kier alpha value is -1.20. The fourth-order valence-corrected chi connectivity index (χ4v) is 4.27. The zero-order chi connectivity index (χ0) is 17.6. The first-order chi connectivity index (χ1) is 12.1. The largest absolute Gasteiger partial charge is 0.450 e. The number of carbonyl (C=O) groups excluding carboxylic acids is 1. The van der Waals surface area contributed by atoms with E-state index in [1.165, 1.54) is 11.8 Å². The van der Waals surface area contributed by atoms with Crippen LogP contribution in [-0.4, -0.2) is 21.8 Å². The highest BCUT2D eigenvalue weighted by atomic mass is 127. The molecule has 1 aromatic heterocycles. The molecule has 0 radical (unpaired) electrons. The molecule has 0 saturated carbocycles. The van der Waals surface area contributed by atoms with Gasteiger partial charge < -0.3 is 15.1 Å². The number of hydrogen-bond acceptors (Lipinski definition) is 6. The van der Waals surface area contributed by atoms with E-state index in [0.29, 0.717) is 10.9 Å². The summed E-state index contributed by atoms with van der Waals surface area (Å²) in [7, 11) is 0. The van der Waals surface area contributed by atoms with E-state index < -0.39 is 6.04 Å². The summed E-state index contributed by atoms with van der Waals surface area (Å²) in [6, 6.07) is 9.21. The summed E-state index contributed by atoms with van der Waals surface area (Å²) in [6.07, 6.45) is -0.363. The Morgan fingerprint density at radius 3 is 2.96 bits per heavy atom. The lowest BCUT2D eigenvalue weighted by Gasteiger charge is -2.42. The van der Waals surface area contributed by atoms with Crippen LogP contribution in [0.25, 0.3) is 0 Å². The Kier molecular flexibility index (Phi) is 4.71. The van der Waals surface area contributed by atoms with Crippen molar-refractivity contribution in [3.8, 4) is 0 Å². The van der Waals surface area contributed by atoms with Crippen molar-refractivity contribution in [1.82, 2.24) is 10.3 Å². The first kappa shape index (κ1) is 17.2. The summed E-state index contributed by atoms with van der Waals surface area (Å²) < 4.78 is 7.52. The molecule has 25 heavy (non-hydrogen) atoms. The lowest BCUT2D eigenvalue weighted by atomic mass is 9.99. The number of para-hydroxylation sites is 1. The summed E-state index contributed by atoms with van der Waals surface area (Å²) in [5.74, 6) is 1.46. The van der Waals surface area contributed by atoms with Crippen molar-refractivity contribution in [2.24, 2.45) is 5.10 Å².